The minimum atomic E-state index is 0. The molecule has 1 unspecified atom stereocenters. The van der Waals surface area contributed by atoms with Crippen molar-refractivity contribution in [1.29, 1.82) is 0 Å². The van der Waals surface area contributed by atoms with E-state index < -0.39 is 0 Å². The molecule has 0 spiro atoms. The number of benzene rings is 1. The first-order valence-electron chi connectivity index (χ1n) is 8.85. The van der Waals surface area contributed by atoms with Crippen LogP contribution in [0.15, 0.2) is 30.6 Å². The minimum Gasteiger partial charge on any atom is -0.493 e. The first kappa shape index (κ1) is 24.1. The number of carbonyl (C=O) groups excluding carboxylic acids is 1. The van der Waals surface area contributed by atoms with Crippen molar-refractivity contribution in [3.05, 3.63) is 41.7 Å². The molecule has 1 N–H and O–H groups in total. The molecule has 0 saturated carbocycles. The summed E-state index contributed by atoms with van der Waals surface area (Å²) in [7, 11) is 5.39. The van der Waals surface area contributed by atoms with Crippen LogP contribution in [0, 0.1) is 0 Å². The molecule has 3 rings (SSSR count). The maximum absolute atomic E-state index is 12.8. The summed E-state index contributed by atoms with van der Waals surface area (Å²) in [5.74, 6) is 1.20. The lowest BCUT2D eigenvalue weighted by atomic mass is 10.0. The van der Waals surface area contributed by atoms with E-state index >= 15 is 0 Å². The molecule has 1 amide bonds. The number of methoxy groups -OCH3 is 1. The average Bonchev–Trinajstić information content (AvgIpc) is 3.10. The summed E-state index contributed by atoms with van der Waals surface area (Å²) in [4.78, 5) is 14.7. The average molecular weight is 431 g/mol. The Kier molecular flexibility index (Phi) is 9.58. The molecule has 0 aliphatic carbocycles. The van der Waals surface area contributed by atoms with Crippen molar-refractivity contribution in [2.75, 3.05) is 27.2 Å². The molecular weight excluding hydrogens is 403 g/mol. The van der Waals surface area contributed by atoms with Crippen LogP contribution in [0.3, 0.4) is 0 Å². The fourth-order valence-electron chi connectivity index (χ4n) is 3.21. The van der Waals surface area contributed by atoms with E-state index in [1.54, 1.807) is 36.2 Å². The second-order valence-corrected chi connectivity index (χ2v) is 6.56. The number of aryl methyl sites for hydroxylation is 1. The van der Waals surface area contributed by atoms with Gasteiger partial charge in [-0.1, -0.05) is 0 Å². The molecule has 0 bridgehead atoms. The summed E-state index contributed by atoms with van der Waals surface area (Å²) in [5, 5.41) is 7.38. The number of hydrogen-bond acceptors (Lipinski definition) is 5. The van der Waals surface area contributed by atoms with E-state index in [-0.39, 0.29) is 30.7 Å². The Labute approximate surface area is 178 Å². The molecule has 1 aromatic carbocycles. The van der Waals surface area contributed by atoms with Gasteiger partial charge in [-0.2, -0.15) is 5.10 Å². The second kappa shape index (κ2) is 11.1. The number of hydrogen-bond donors (Lipinski definition) is 1. The van der Waals surface area contributed by atoms with E-state index in [2.05, 4.69) is 10.4 Å². The van der Waals surface area contributed by atoms with Crippen molar-refractivity contribution in [3.63, 3.8) is 0 Å². The largest absolute Gasteiger partial charge is 0.493 e. The number of ether oxygens (including phenoxy) is 2. The Bertz CT molecular complexity index is 769. The van der Waals surface area contributed by atoms with E-state index in [9.17, 15) is 4.79 Å². The van der Waals surface area contributed by atoms with Gasteiger partial charge in [-0.25, -0.2) is 0 Å². The van der Waals surface area contributed by atoms with Crippen LogP contribution in [0.4, 0.5) is 0 Å². The van der Waals surface area contributed by atoms with Gasteiger partial charge in [0, 0.05) is 43.5 Å². The number of nitrogens with one attached hydrogen (secondary N) is 1. The van der Waals surface area contributed by atoms with E-state index in [0.717, 1.165) is 31.5 Å². The van der Waals surface area contributed by atoms with Crippen LogP contribution in [0.5, 0.6) is 11.5 Å². The van der Waals surface area contributed by atoms with E-state index in [1.165, 1.54) is 0 Å². The highest BCUT2D eigenvalue weighted by Crippen LogP contribution is 2.29. The third kappa shape index (κ3) is 5.77. The molecule has 0 radical (unpaired) electrons. The Morgan fingerprint density at radius 1 is 1.32 bits per heavy atom. The van der Waals surface area contributed by atoms with Crippen molar-refractivity contribution in [2.45, 2.75) is 25.5 Å². The second-order valence-electron chi connectivity index (χ2n) is 6.56. The first-order valence-corrected chi connectivity index (χ1v) is 8.85. The number of likely N-dealkylation sites (tertiary alicyclic amines) is 1. The van der Waals surface area contributed by atoms with Crippen LogP contribution < -0.4 is 14.8 Å². The van der Waals surface area contributed by atoms with Crippen LogP contribution in [0.25, 0.3) is 0 Å². The highest BCUT2D eigenvalue weighted by molar-refractivity contribution is 5.95. The van der Waals surface area contributed by atoms with Gasteiger partial charge >= 0.3 is 0 Å². The van der Waals surface area contributed by atoms with Crippen LogP contribution in [-0.2, 0) is 13.7 Å². The summed E-state index contributed by atoms with van der Waals surface area (Å²) >= 11 is 0. The van der Waals surface area contributed by atoms with Gasteiger partial charge in [0.25, 0.3) is 5.91 Å². The summed E-state index contributed by atoms with van der Waals surface area (Å²) in [5.41, 5.74) is 1.59. The third-order valence-corrected chi connectivity index (χ3v) is 4.68. The predicted octanol–water partition coefficient (Wildman–Crippen LogP) is 2.68. The first-order chi connectivity index (χ1) is 12.6. The van der Waals surface area contributed by atoms with Gasteiger partial charge < -0.3 is 19.7 Å². The van der Waals surface area contributed by atoms with Crippen molar-refractivity contribution < 1.29 is 14.3 Å². The van der Waals surface area contributed by atoms with Gasteiger partial charge in [0.15, 0.2) is 11.5 Å². The smallest absolute Gasteiger partial charge is 0.254 e. The highest BCUT2D eigenvalue weighted by atomic mass is 35.5. The highest BCUT2D eigenvalue weighted by Gasteiger charge is 2.24. The lowest BCUT2D eigenvalue weighted by Gasteiger charge is -2.32. The van der Waals surface area contributed by atoms with Crippen LogP contribution in [0.2, 0.25) is 0 Å². The summed E-state index contributed by atoms with van der Waals surface area (Å²) in [6, 6.07) is 5.70. The Balaban J connectivity index is 0.00000196. The lowest BCUT2D eigenvalue weighted by molar-refractivity contribution is 0.0697. The molecule has 2 aromatic rings. The zero-order chi connectivity index (χ0) is 18.5. The van der Waals surface area contributed by atoms with Crippen LogP contribution in [-0.4, -0.2) is 53.9 Å². The molecule has 156 valence electrons. The zero-order valence-corrected chi connectivity index (χ0v) is 18.0. The topological polar surface area (TPSA) is 68.6 Å². The fraction of sp³-hybridized carbons (Fsp3) is 0.474. The molecule has 2 heterocycles. The number of halogens is 2. The van der Waals surface area contributed by atoms with Crippen molar-refractivity contribution in [1.82, 2.24) is 20.0 Å². The monoisotopic (exact) mass is 430 g/mol. The molecule has 9 heteroatoms. The molecule has 1 aliphatic heterocycles. The molecule has 28 heavy (non-hydrogen) atoms. The number of aromatic nitrogens is 2. The quantitative estimate of drug-likeness (QED) is 0.762. The van der Waals surface area contributed by atoms with Crippen LogP contribution >= 0.6 is 24.8 Å². The fourth-order valence-corrected chi connectivity index (χ4v) is 3.21. The number of carbonyl (C=O) groups is 1. The standard InChI is InChI=1S/C19H26N4O3.2ClH/c1-20-16-5-4-8-23(12-16)19(24)15-6-7-17(18(9-15)25-3)26-13-14-10-21-22(2)11-14;;/h6-7,9-11,16,20H,4-5,8,12-13H2,1-3H3;2*1H. The number of amides is 1. The van der Waals surface area contributed by atoms with Gasteiger partial charge in [-0.05, 0) is 38.1 Å². The molecule has 7 nitrogen and oxygen atoms in total. The van der Waals surface area contributed by atoms with E-state index in [4.69, 9.17) is 9.47 Å². The van der Waals surface area contributed by atoms with E-state index in [0.29, 0.717) is 29.7 Å². The number of likely N-dealkylation sites (N-methyl/N-ethyl adjacent to an activating group) is 1. The maximum atomic E-state index is 12.8. The third-order valence-electron chi connectivity index (χ3n) is 4.68. The summed E-state index contributed by atoms with van der Waals surface area (Å²) < 4.78 is 13.0. The molecule has 1 atom stereocenters. The van der Waals surface area contributed by atoms with Crippen LogP contribution in [0.1, 0.15) is 28.8 Å². The van der Waals surface area contributed by atoms with Gasteiger partial charge in [0.1, 0.15) is 6.61 Å². The molecule has 1 aromatic heterocycles. The van der Waals surface area contributed by atoms with Crippen molar-refractivity contribution >= 4 is 30.7 Å². The Hall–Kier alpha value is -1.96. The molecular formula is C19H28Cl2N4O3. The lowest BCUT2D eigenvalue weighted by Crippen LogP contribution is -2.46. The Morgan fingerprint density at radius 2 is 2.11 bits per heavy atom. The molecule has 1 fully saturated rings. The van der Waals surface area contributed by atoms with Gasteiger partial charge in [-0.3, -0.25) is 9.48 Å². The van der Waals surface area contributed by atoms with Gasteiger partial charge in [-0.15, -0.1) is 24.8 Å². The summed E-state index contributed by atoms with van der Waals surface area (Å²) in [6.07, 6.45) is 5.78. The normalized spacial score (nSPS) is 16.0. The van der Waals surface area contributed by atoms with Gasteiger partial charge in [0.05, 0.1) is 13.3 Å². The number of nitrogens with zero attached hydrogens (tertiary/aromatic N) is 3. The Morgan fingerprint density at radius 3 is 2.75 bits per heavy atom. The SMILES string of the molecule is CNC1CCCN(C(=O)c2ccc(OCc3cnn(C)c3)c(OC)c2)C1.Cl.Cl. The zero-order valence-electron chi connectivity index (χ0n) is 16.4. The van der Waals surface area contributed by atoms with Crippen molar-refractivity contribution in [3.8, 4) is 11.5 Å². The van der Waals surface area contributed by atoms with E-state index in [1.807, 2.05) is 25.2 Å². The van der Waals surface area contributed by atoms with Gasteiger partial charge in [0.2, 0.25) is 0 Å². The van der Waals surface area contributed by atoms with Crippen molar-refractivity contribution in [2.24, 2.45) is 7.05 Å². The maximum Gasteiger partial charge on any atom is 0.254 e. The number of rotatable bonds is 6. The number of piperidine rings is 1. The summed E-state index contributed by atoms with van der Waals surface area (Å²) in [6.45, 7) is 1.92. The molecule has 1 saturated heterocycles. The minimum absolute atomic E-state index is 0. The predicted molar refractivity (Wildman–Crippen MR) is 113 cm³/mol. The molecule has 1 aliphatic rings.